The SMILES string of the molecule is C[C@H]1COC(=O)N1.[I][V]([I])[I]. The molecule has 1 aliphatic rings. The van der Waals surface area contributed by atoms with E-state index in [1.807, 2.05) is 6.92 Å². The Morgan fingerprint density at radius 1 is 1.64 bits per heavy atom. The van der Waals surface area contributed by atoms with Gasteiger partial charge in [-0.15, -0.1) is 0 Å². The number of amides is 1. The van der Waals surface area contributed by atoms with Crippen molar-refractivity contribution >= 4 is 66.0 Å². The third-order valence-corrected chi connectivity index (χ3v) is 0.829. The van der Waals surface area contributed by atoms with Crippen LogP contribution in [0.5, 0.6) is 0 Å². The molecule has 1 fully saturated rings. The average Bonchev–Trinajstić information content (AvgIpc) is 2.13. The second-order valence-electron chi connectivity index (χ2n) is 1.84. The zero-order chi connectivity index (χ0) is 8.85. The fourth-order valence-electron chi connectivity index (χ4n) is 0.485. The van der Waals surface area contributed by atoms with E-state index in [0.717, 1.165) is 0 Å². The number of rotatable bonds is 0. The summed E-state index contributed by atoms with van der Waals surface area (Å²) in [7, 11) is 0. The number of alkyl carbamates (subject to hydrolysis) is 1. The summed E-state index contributed by atoms with van der Waals surface area (Å²) in [5.74, 6) is 0. The van der Waals surface area contributed by atoms with Crippen LogP contribution in [-0.4, -0.2) is 18.7 Å². The molecule has 1 heterocycles. The molecule has 0 aromatic carbocycles. The van der Waals surface area contributed by atoms with Crippen LogP contribution in [0.25, 0.3) is 0 Å². The average molecular weight is 533 g/mol. The minimum absolute atomic E-state index is 0.201. The first-order valence-electron chi connectivity index (χ1n) is 2.73. The maximum absolute atomic E-state index is 10.1. The third-order valence-electron chi connectivity index (χ3n) is 0.829. The molecule has 0 spiro atoms. The van der Waals surface area contributed by atoms with Gasteiger partial charge in [-0.2, -0.15) is 0 Å². The zero-order valence-electron chi connectivity index (χ0n) is 5.68. The van der Waals surface area contributed by atoms with E-state index in [-0.39, 0.29) is 17.1 Å². The molecule has 0 aliphatic carbocycles. The number of hydrogen-bond donors (Lipinski definition) is 1. The Morgan fingerprint density at radius 3 is 2.18 bits per heavy atom. The van der Waals surface area contributed by atoms with Gasteiger partial charge in [0.15, 0.2) is 0 Å². The van der Waals surface area contributed by atoms with Crippen molar-refractivity contribution in [2.24, 2.45) is 0 Å². The van der Waals surface area contributed by atoms with E-state index in [2.05, 4.69) is 70.0 Å². The summed E-state index contributed by atoms with van der Waals surface area (Å²) in [6.07, 6.45) is -0.299. The molecule has 7 heteroatoms. The molecule has 0 radical (unpaired) electrons. The van der Waals surface area contributed by atoms with Crippen molar-refractivity contribution in [2.75, 3.05) is 6.61 Å². The third kappa shape index (κ3) is 9.96. The number of cyclic esters (lactones) is 1. The van der Waals surface area contributed by atoms with Gasteiger partial charge in [-0.1, -0.05) is 0 Å². The Kier molecular flexibility index (Phi) is 8.83. The summed E-state index contributed by atoms with van der Waals surface area (Å²) in [6.45, 7) is 2.41. The summed E-state index contributed by atoms with van der Waals surface area (Å²) < 4.78 is 4.52. The summed E-state index contributed by atoms with van der Waals surface area (Å²) >= 11 is 7.39. The van der Waals surface area contributed by atoms with Crippen LogP contribution in [0.1, 0.15) is 6.92 Å². The minimum atomic E-state index is -0.299. The Hall–Kier alpha value is 2.04. The van der Waals surface area contributed by atoms with Gasteiger partial charge in [0.25, 0.3) is 0 Å². The van der Waals surface area contributed by atoms with Crippen LogP contribution in [0.4, 0.5) is 4.79 Å². The molecule has 1 N–H and O–H groups in total. The quantitative estimate of drug-likeness (QED) is 0.488. The molecular formula is C4H7I3NO2V. The van der Waals surface area contributed by atoms with Crippen molar-refractivity contribution in [1.29, 1.82) is 0 Å². The fourth-order valence-corrected chi connectivity index (χ4v) is 0.485. The molecule has 11 heavy (non-hydrogen) atoms. The molecule has 3 nitrogen and oxygen atoms in total. The predicted octanol–water partition coefficient (Wildman–Crippen LogP) is 2.77. The second-order valence-corrected chi connectivity index (χ2v) is 37.2. The zero-order valence-corrected chi connectivity index (χ0v) is 13.6. The van der Waals surface area contributed by atoms with Gasteiger partial charge < -0.3 is 10.1 Å². The fraction of sp³-hybridized carbons (Fsp3) is 0.750. The van der Waals surface area contributed by atoms with Gasteiger partial charge >= 0.3 is 71.0 Å². The van der Waals surface area contributed by atoms with Gasteiger partial charge in [-0.25, -0.2) is 4.79 Å². The van der Waals surface area contributed by atoms with Crippen LogP contribution in [0.3, 0.4) is 0 Å². The van der Waals surface area contributed by atoms with Crippen LogP contribution >= 0.6 is 59.9 Å². The number of nitrogens with one attached hydrogen (secondary N) is 1. The van der Waals surface area contributed by atoms with Crippen molar-refractivity contribution in [3.8, 4) is 0 Å². The second kappa shape index (κ2) is 7.45. The molecule has 1 amide bonds. The number of halogens is 3. The van der Waals surface area contributed by atoms with E-state index in [9.17, 15) is 4.79 Å². The molecule has 0 aromatic heterocycles. The van der Waals surface area contributed by atoms with Crippen molar-refractivity contribution < 1.29 is 14.5 Å². The monoisotopic (exact) mass is 533 g/mol. The topological polar surface area (TPSA) is 38.3 Å². The van der Waals surface area contributed by atoms with Crippen LogP contribution in [0.2, 0.25) is 0 Å². The van der Waals surface area contributed by atoms with E-state index in [4.69, 9.17) is 0 Å². The van der Waals surface area contributed by atoms with Crippen molar-refractivity contribution in [2.45, 2.75) is 13.0 Å². The van der Waals surface area contributed by atoms with E-state index in [0.29, 0.717) is 6.61 Å². The summed E-state index contributed by atoms with van der Waals surface area (Å²) in [5.41, 5.74) is 0. The Bertz CT molecular complexity index is 132. The van der Waals surface area contributed by atoms with E-state index < -0.39 is 0 Å². The van der Waals surface area contributed by atoms with Gasteiger partial charge in [0.1, 0.15) is 6.61 Å². The van der Waals surface area contributed by atoms with Gasteiger partial charge in [0.05, 0.1) is 6.04 Å². The van der Waals surface area contributed by atoms with Crippen LogP contribution in [-0.2, 0) is 9.66 Å². The number of carbonyl (C=O) groups excluding carboxylic acids is 1. The standard InChI is InChI=1S/C4H7NO2.3HI.V/c1-3-2-7-4(6)5-3;;;;/h3H,2H2,1H3,(H,5,6);3*1H;/q;;;;+3/p-3/t3-;;;;/m0..../s1. The molecular weight excluding hydrogens is 526 g/mol. The molecule has 0 saturated carbocycles. The Morgan fingerprint density at radius 2 is 2.09 bits per heavy atom. The Balaban J connectivity index is 0.000000218. The normalized spacial score (nSPS) is 21.9. The van der Waals surface area contributed by atoms with Crippen LogP contribution < -0.4 is 5.32 Å². The van der Waals surface area contributed by atoms with Crippen molar-refractivity contribution in [1.82, 2.24) is 5.32 Å². The molecule has 1 saturated heterocycles. The first-order chi connectivity index (χ1) is 5.02. The van der Waals surface area contributed by atoms with Crippen LogP contribution in [0, 0.1) is 0 Å². The van der Waals surface area contributed by atoms with Crippen molar-refractivity contribution in [3.05, 3.63) is 0 Å². The molecule has 0 bridgehead atoms. The van der Waals surface area contributed by atoms with Gasteiger partial charge in [-0.3, -0.25) is 0 Å². The number of hydrogen-bond acceptors (Lipinski definition) is 2. The number of carbonyl (C=O) groups is 1. The summed E-state index contributed by atoms with van der Waals surface area (Å²) in [4.78, 5) is 9.84. The van der Waals surface area contributed by atoms with Crippen LogP contribution in [0.15, 0.2) is 0 Å². The summed E-state index contributed by atoms with van der Waals surface area (Å²) in [6, 6.07) is 0.201. The molecule has 66 valence electrons. The van der Waals surface area contributed by atoms with Crippen molar-refractivity contribution in [3.63, 3.8) is 0 Å². The summed E-state index contributed by atoms with van der Waals surface area (Å²) in [5, 5.41) is 2.56. The van der Waals surface area contributed by atoms with Gasteiger partial charge in [0, 0.05) is 0 Å². The van der Waals surface area contributed by atoms with E-state index in [1.165, 1.54) is 0 Å². The molecule has 0 aromatic rings. The van der Waals surface area contributed by atoms with E-state index in [1.54, 1.807) is 0 Å². The predicted molar refractivity (Wildman–Crippen MR) is 66.0 cm³/mol. The molecule has 1 atom stereocenters. The molecule has 1 rings (SSSR count). The first-order valence-corrected chi connectivity index (χ1v) is 16.2. The Labute approximate surface area is 103 Å². The first kappa shape index (κ1) is 13.0. The van der Waals surface area contributed by atoms with Gasteiger partial charge in [0.2, 0.25) is 0 Å². The molecule has 1 aliphatic heterocycles. The molecule has 0 unspecified atom stereocenters. The van der Waals surface area contributed by atoms with Gasteiger partial charge in [-0.05, 0) is 6.92 Å². The number of ether oxygens (including phenoxy) is 1. The maximum atomic E-state index is 10.1. The van der Waals surface area contributed by atoms with E-state index >= 15 is 0 Å².